The Bertz CT molecular complexity index is 1090. The SMILES string of the molecule is CC(C)CCC(=O)C1(OC(=O)[C@@H](C)c2ccc(CC(C)C)cc2)C(=O)C(C(=O)CC(C)C)=C(O)C1CCC(C)C. The average molecular weight is 555 g/mol. The van der Waals surface area contributed by atoms with Crippen LogP contribution >= 0.6 is 0 Å². The van der Waals surface area contributed by atoms with E-state index in [9.17, 15) is 24.3 Å². The maximum absolute atomic E-state index is 14.1. The third-order valence-electron chi connectivity index (χ3n) is 7.65. The van der Waals surface area contributed by atoms with Crippen molar-refractivity contribution in [2.24, 2.45) is 29.6 Å². The standard InChI is InChI=1S/C34H50O6/c1-20(2)10-16-27-31(37)30(28(35)19-23(7)8)32(38)34(27,29(36)17-11-21(3)4)40-33(39)24(9)26-14-12-25(13-15-26)18-22(5)6/h12-15,20-24,27,37H,10-11,16-19H2,1-9H3/t24-,27?,34?/m0/s1. The lowest BCUT2D eigenvalue weighted by molar-refractivity contribution is -0.177. The van der Waals surface area contributed by atoms with E-state index in [1.807, 2.05) is 65.8 Å². The molecule has 222 valence electrons. The maximum Gasteiger partial charge on any atom is 0.314 e. The predicted molar refractivity (Wildman–Crippen MR) is 158 cm³/mol. The molecule has 0 aromatic heterocycles. The number of hydrogen-bond acceptors (Lipinski definition) is 6. The van der Waals surface area contributed by atoms with Gasteiger partial charge in [-0.2, -0.15) is 0 Å². The molecule has 1 aliphatic carbocycles. The summed E-state index contributed by atoms with van der Waals surface area (Å²) in [5, 5.41) is 11.3. The summed E-state index contributed by atoms with van der Waals surface area (Å²) in [4.78, 5) is 55.0. The summed E-state index contributed by atoms with van der Waals surface area (Å²) in [7, 11) is 0. The zero-order chi connectivity index (χ0) is 30.4. The monoisotopic (exact) mass is 554 g/mol. The fourth-order valence-corrected chi connectivity index (χ4v) is 5.31. The van der Waals surface area contributed by atoms with Gasteiger partial charge in [-0.1, -0.05) is 86.1 Å². The summed E-state index contributed by atoms with van der Waals surface area (Å²) < 4.78 is 6.03. The van der Waals surface area contributed by atoms with Gasteiger partial charge in [-0.15, -0.1) is 0 Å². The van der Waals surface area contributed by atoms with E-state index in [4.69, 9.17) is 4.74 Å². The van der Waals surface area contributed by atoms with Crippen LogP contribution in [0.3, 0.4) is 0 Å². The first kappa shape index (κ1) is 33.4. The van der Waals surface area contributed by atoms with E-state index in [-0.39, 0.29) is 42.6 Å². The van der Waals surface area contributed by atoms with E-state index in [0.717, 1.165) is 12.0 Å². The molecule has 0 spiro atoms. The number of carbonyl (C=O) groups excluding carboxylic acids is 4. The molecule has 6 heteroatoms. The first-order valence-electron chi connectivity index (χ1n) is 15.0. The number of Topliss-reactive ketones (excluding diaryl/α,β-unsaturated/α-hetero) is 3. The van der Waals surface area contributed by atoms with Crippen LogP contribution in [0.4, 0.5) is 0 Å². The van der Waals surface area contributed by atoms with E-state index in [1.165, 1.54) is 0 Å². The molecule has 40 heavy (non-hydrogen) atoms. The summed E-state index contributed by atoms with van der Waals surface area (Å²) in [6, 6.07) is 7.70. The van der Waals surface area contributed by atoms with Crippen molar-refractivity contribution >= 4 is 23.3 Å². The Balaban J connectivity index is 2.56. The summed E-state index contributed by atoms with van der Waals surface area (Å²) in [5.41, 5.74) is -0.751. The van der Waals surface area contributed by atoms with E-state index >= 15 is 0 Å². The van der Waals surface area contributed by atoms with Crippen LogP contribution < -0.4 is 0 Å². The Hall–Kier alpha value is -2.76. The highest BCUT2D eigenvalue weighted by Crippen LogP contribution is 2.45. The quantitative estimate of drug-likeness (QED) is 0.138. The molecule has 0 bridgehead atoms. The molecule has 1 aromatic carbocycles. The van der Waals surface area contributed by atoms with Crippen molar-refractivity contribution in [1.29, 1.82) is 0 Å². The van der Waals surface area contributed by atoms with Gasteiger partial charge in [-0.3, -0.25) is 19.2 Å². The van der Waals surface area contributed by atoms with Gasteiger partial charge in [0.25, 0.3) is 0 Å². The van der Waals surface area contributed by atoms with Crippen LogP contribution in [0.2, 0.25) is 0 Å². The van der Waals surface area contributed by atoms with Crippen LogP contribution in [0.5, 0.6) is 0 Å². The van der Waals surface area contributed by atoms with Gasteiger partial charge in [0, 0.05) is 12.8 Å². The Morgan fingerprint density at radius 2 is 1.43 bits per heavy atom. The Morgan fingerprint density at radius 1 is 0.850 bits per heavy atom. The second kappa shape index (κ2) is 14.2. The molecule has 0 saturated heterocycles. The molecule has 1 aliphatic rings. The number of hydrogen-bond donors (Lipinski definition) is 1. The van der Waals surface area contributed by atoms with Crippen molar-refractivity contribution in [3.05, 3.63) is 46.7 Å². The zero-order valence-corrected chi connectivity index (χ0v) is 26.0. The molecular weight excluding hydrogens is 504 g/mol. The Morgan fingerprint density at radius 3 is 1.93 bits per heavy atom. The number of aliphatic hydroxyl groups excluding tert-OH is 1. The van der Waals surface area contributed by atoms with E-state index in [0.29, 0.717) is 24.3 Å². The minimum Gasteiger partial charge on any atom is -0.511 e. The smallest absolute Gasteiger partial charge is 0.314 e. The van der Waals surface area contributed by atoms with Crippen molar-refractivity contribution in [3.63, 3.8) is 0 Å². The van der Waals surface area contributed by atoms with Crippen LogP contribution in [-0.4, -0.2) is 34.0 Å². The predicted octanol–water partition coefficient (Wildman–Crippen LogP) is 7.34. The molecule has 1 N–H and O–H groups in total. The number of rotatable bonds is 15. The van der Waals surface area contributed by atoms with E-state index in [1.54, 1.807) is 6.92 Å². The van der Waals surface area contributed by atoms with Crippen LogP contribution in [0.25, 0.3) is 0 Å². The molecule has 3 atom stereocenters. The molecule has 0 radical (unpaired) electrons. The minimum atomic E-state index is -2.24. The number of ether oxygens (including phenoxy) is 1. The number of ketones is 3. The average Bonchev–Trinajstić information content (AvgIpc) is 3.06. The third-order valence-corrected chi connectivity index (χ3v) is 7.65. The van der Waals surface area contributed by atoms with Crippen molar-refractivity contribution in [2.45, 2.75) is 112 Å². The third kappa shape index (κ3) is 7.92. The molecule has 2 unspecified atom stereocenters. The minimum absolute atomic E-state index is 0.00603. The first-order valence-corrected chi connectivity index (χ1v) is 15.0. The van der Waals surface area contributed by atoms with Crippen molar-refractivity contribution < 1.29 is 29.0 Å². The lowest BCUT2D eigenvalue weighted by Crippen LogP contribution is -2.54. The van der Waals surface area contributed by atoms with Gasteiger partial charge >= 0.3 is 5.97 Å². The molecule has 0 amide bonds. The molecular formula is C34H50O6. The van der Waals surface area contributed by atoms with Crippen LogP contribution in [0, 0.1) is 29.6 Å². The van der Waals surface area contributed by atoms with E-state index < -0.39 is 46.5 Å². The summed E-state index contributed by atoms with van der Waals surface area (Å²) in [6.07, 6.45) is 2.28. The van der Waals surface area contributed by atoms with Crippen molar-refractivity contribution in [1.82, 2.24) is 0 Å². The van der Waals surface area contributed by atoms with Crippen LogP contribution in [0.1, 0.15) is 111 Å². The second-order valence-corrected chi connectivity index (χ2v) is 13.2. The van der Waals surface area contributed by atoms with Gasteiger partial charge in [0.15, 0.2) is 11.6 Å². The fourth-order valence-electron chi connectivity index (χ4n) is 5.31. The second-order valence-electron chi connectivity index (χ2n) is 13.2. The normalized spacial score (nSPS) is 20.2. The van der Waals surface area contributed by atoms with Gasteiger partial charge in [0.1, 0.15) is 11.3 Å². The first-order chi connectivity index (χ1) is 18.6. The summed E-state index contributed by atoms with van der Waals surface area (Å²) >= 11 is 0. The highest BCUT2D eigenvalue weighted by atomic mass is 16.6. The molecule has 0 saturated carbocycles. The van der Waals surface area contributed by atoms with Gasteiger partial charge < -0.3 is 9.84 Å². The largest absolute Gasteiger partial charge is 0.511 e. The van der Waals surface area contributed by atoms with E-state index in [2.05, 4.69) is 13.8 Å². The topological polar surface area (TPSA) is 97.7 Å². The summed E-state index contributed by atoms with van der Waals surface area (Å²) in [5.74, 6) is -4.08. The molecule has 0 fully saturated rings. The fraction of sp³-hybridized carbons (Fsp3) is 0.647. The highest BCUT2D eigenvalue weighted by molar-refractivity contribution is 6.32. The molecule has 6 nitrogen and oxygen atoms in total. The number of esters is 1. The zero-order valence-electron chi connectivity index (χ0n) is 26.0. The van der Waals surface area contributed by atoms with Crippen molar-refractivity contribution in [3.8, 4) is 0 Å². The van der Waals surface area contributed by atoms with Gasteiger partial charge in [-0.25, -0.2) is 0 Å². The van der Waals surface area contributed by atoms with Crippen LogP contribution in [0.15, 0.2) is 35.6 Å². The van der Waals surface area contributed by atoms with Crippen LogP contribution in [-0.2, 0) is 30.3 Å². The van der Waals surface area contributed by atoms with Gasteiger partial charge in [-0.05, 0) is 61.0 Å². The Kier molecular flexibility index (Phi) is 11.9. The highest BCUT2D eigenvalue weighted by Gasteiger charge is 2.63. The number of benzene rings is 1. The van der Waals surface area contributed by atoms with Gasteiger partial charge in [0.2, 0.25) is 11.4 Å². The molecule has 1 aromatic rings. The van der Waals surface area contributed by atoms with Crippen molar-refractivity contribution in [2.75, 3.05) is 0 Å². The van der Waals surface area contributed by atoms with Gasteiger partial charge in [0.05, 0.1) is 11.8 Å². The Labute approximate surface area is 241 Å². The summed E-state index contributed by atoms with van der Waals surface area (Å²) in [6.45, 7) is 17.6. The number of carbonyl (C=O) groups is 4. The molecule has 2 rings (SSSR count). The lowest BCUT2D eigenvalue weighted by atomic mass is 9.78. The molecule has 0 heterocycles. The lowest BCUT2D eigenvalue weighted by Gasteiger charge is -2.34. The maximum atomic E-state index is 14.1. The number of aliphatic hydroxyl groups is 1. The molecule has 0 aliphatic heterocycles.